The molecule has 2 heterocycles. The number of fused-ring (bicyclic) bond motifs is 5. The minimum atomic E-state index is 1.00. The molecule has 0 radical (unpaired) electrons. The molecule has 0 amide bonds. The van der Waals surface area contributed by atoms with E-state index in [2.05, 4.69) is 73.3 Å². The highest BCUT2D eigenvalue weighted by Gasteiger charge is 2.29. The number of hydrogen-bond acceptors (Lipinski definition) is 2. The van der Waals surface area contributed by atoms with Gasteiger partial charge in [-0.2, -0.15) is 0 Å². The Labute approximate surface area is 184 Å². The summed E-state index contributed by atoms with van der Waals surface area (Å²) in [5, 5.41) is 1.28. The van der Waals surface area contributed by atoms with Crippen LogP contribution in [-0.2, 0) is 25.7 Å². The predicted octanol–water partition coefficient (Wildman–Crippen LogP) is 7.89. The molecule has 3 aromatic carbocycles. The third-order valence-electron chi connectivity index (χ3n) is 7.09. The molecule has 0 unspecified atom stereocenters. The van der Waals surface area contributed by atoms with Crippen LogP contribution in [-0.4, -0.2) is 0 Å². The average Bonchev–Trinajstić information content (AvgIpc) is 3.11. The van der Waals surface area contributed by atoms with E-state index in [9.17, 15) is 0 Å². The lowest BCUT2D eigenvalue weighted by atomic mass is 9.89. The Morgan fingerprint density at radius 1 is 0.677 bits per heavy atom. The van der Waals surface area contributed by atoms with Crippen LogP contribution in [0.5, 0.6) is 0 Å². The van der Waals surface area contributed by atoms with Crippen LogP contribution in [0.2, 0.25) is 0 Å². The summed E-state index contributed by atoms with van der Waals surface area (Å²) >= 11 is 0. The smallest absolute Gasteiger partial charge is 0.209 e. The van der Waals surface area contributed by atoms with E-state index in [-0.39, 0.29) is 0 Å². The number of hydrogen-bond donors (Lipinski definition) is 0. The van der Waals surface area contributed by atoms with Gasteiger partial charge in [-0.3, -0.25) is 4.90 Å². The van der Waals surface area contributed by atoms with Gasteiger partial charge >= 0.3 is 0 Å². The van der Waals surface area contributed by atoms with E-state index in [1.165, 1.54) is 69.4 Å². The van der Waals surface area contributed by atoms with Gasteiger partial charge in [-0.1, -0.05) is 41.5 Å². The second-order valence-corrected chi connectivity index (χ2v) is 9.33. The Hall–Kier alpha value is -3.00. The molecule has 6 rings (SSSR count). The van der Waals surface area contributed by atoms with Crippen molar-refractivity contribution in [3.8, 4) is 0 Å². The van der Waals surface area contributed by atoms with Crippen LogP contribution >= 0.6 is 0 Å². The normalized spacial score (nSPS) is 15.7. The van der Waals surface area contributed by atoms with Crippen LogP contribution < -0.4 is 4.90 Å². The summed E-state index contributed by atoms with van der Waals surface area (Å²) in [5.41, 5.74) is 12.0. The van der Waals surface area contributed by atoms with Gasteiger partial charge in [-0.25, -0.2) is 0 Å². The third-order valence-corrected chi connectivity index (χ3v) is 7.09. The van der Waals surface area contributed by atoms with Crippen LogP contribution in [0.3, 0.4) is 0 Å². The predicted molar refractivity (Wildman–Crippen MR) is 129 cm³/mol. The number of furan rings is 1. The first kappa shape index (κ1) is 18.7. The Kier molecular flexibility index (Phi) is 4.41. The molecule has 0 spiro atoms. The zero-order valence-corrected chi connectivity index (χ0v) is 18.5. The summed E-state index contributed by atoms with van der Waals surface area (Å²) < 4.78 is 6.65. The highest BCUT2D eigenvalue weighted by Crippen LogP contribution is 2.47. The molecule has 2 heteroatoms. The molecule has 4 aromatic rings. The minimum Gasteiger partial charge on any atom is -0.439 e. The maximum absolute atomic E-state index is 6.65. The van der Waals surface area contributed by atoms with Crippen molar-refractivity contribution in [2.24, 2.45) is 0 Å². The second kappa shape index (κ2) is 7.30. The molecular formula is C29H29NO. The molecule has 1 aromatic heterocycles. The Balaban J connectivity index is 1.67. The SMILES string of the molecule is Cc1ccc2c(c1)CCCc1c(oc3ccc(C)cc13)N2c1cccc2c1CCCC2. The van der Waals surface area contributed by atoms with Gasteiger partial charge in [0.2, 0.25) is 5.88 Å². The highest BCUT2D eigenvalue weighted by atomic mass is 16.4. The zero-order chi connectivity index (χ0) is 20.9. The number of aryl methyl sites for hydroxylation is 5. The van der Waals surface area contributed by atoms with Gasteiger partial charge < -0.3 is 4.42 Å². The van der Waals surface area contributed by atoms with Gasteiger partial charge in [0.25, 0.3) is 0 Å². The summed E-state index contributed by atoms with van der Waals surface area (Å²) in [6, 6.07) is 20.4. The number of nitrogens with zero attached hydrogens (tertiary/aromatic N) is 1. The fourth-order valence-corrected chi connectivity index (χ4v) is 5.58. The topological polar surface area (TPSA) is 16.4 Å². The van der Waals surface area contributed by atoms with Crippen molar-refractivity contribution in [1.29, 1.82) is 0 Å². The van der Waals surface area contributed by atoms with E-state index >= 15 is 0 Å². The Morgan fingerprint density at radius 3 is 2.39 bits per heavy atom. The molecule has 0 atom stereocenters. The molecule has 0 saturated carbocycles. The molecular weight excluding hydrogens is 378 g/mol. The van der Waals surface area contributed by atoms with Crippen LogP contribution in [0.1, 0.15) is 52.6 Å². The summed E-state index contributed by atoms with van der Waals surface area (Å²) in [6.45, 7) is 4.37. The molecule has 0 saturated heterocycles. The Morgan fingerprint density at radius 2 is 1.45 bits per heavy atom. The maximum atomic E-state index is 6.65. The summed E-state index contributed by atoms with van der Waals surface area (Å²) in [5.74, 6) is 1.02. The zero-order valence-electron chi connectivity index (χ0n) is 18.5. The first-order valence-electron chi connectivity index (χ1n) is 11.7. The molecule has 1 aliphatic carbocycles. The fourth-order valence-electron chi connectivity index (χ4n) is 5.58. The van der Waals surface area contributed by atoms with Crippen LogP contribution in [0, 0.1) is 13.8 Å². The first-order valence-corrected chi connectivity index (χ1v) is 11.7. The summed E-state index contributed by atoms with van der Waals surface area (Å²) in [6.07, 6.45) is 8.19. The molecule has 1 aliphatic heterocycles. The van der Waals surface area contributed by atoms with Gasteiger partial charge in [0.15, 0.2) is 0 Å². The molecule has 0 N–H and O–H groups in total. The van der Waals surface area contributed by atoms with E-state index in [0.717, 1.165) is 37.2 Å². The van der Waals surface area contributed by atoms with E-state index in [4.69, 9.17) is 4.42 Å². The van der Waals surface area contributed by atoms with Crippen LogP contribution in [0.15, 0.2) is 59.0 Å². The van der Waals surface area contributed by atoms with Crippen LogP contribution in [0.25, 0.3) is 11.0 Å². The average molecular weight is 408 g/mol. The van der Waals surface area contributed by atoms with Crippen molar-refractivity contribution in [2.75, 3.05) is 4.90 Å². The van der Waals surface area contributed by atoms with Crippen molar-refractivity contribution in [2.45, 2.75) is 58.8 Å². The lowest BCUT2D eigenvalue weighted by Crippen LogP contribution is -2.18. The fraction of sp³-hybridized carbons (Fsp3) is 0.310. The first-order chi connectivity index (χ1) is 15.2. The minimum absolute atomic E-state index is 1.00. The van der Waals surface area contributed by atoms with Gasteiger partial charge in [-0.05, 0) is 99.7 Å². The van der Waals surface area contributed by atoms with Crippen molar-refractivity contribution in [1.82, 2.24) is 0 Å². The van der Waals surface area contributed by atoms with E-state index in [1.54, 1.807) is 0 Å². The Bertz CT molecular complexity index is 1300. The quantitative estimate of drug-likeness (QED) is 0.319. The van der Waals surface area contributed by atoms with Crippen molar-refractivity contribution >= 4 is 28.2 Å². The van der Waals surface area contributed by atoms with Crippen molar-refractivity contribution in [3.05, 3.63) is 88.0 Å². The summed E-state index contributed by atoms with van der Waals surface area (Å²) in [7, 11) is 0. The number of anilines is 3. The number of rotatable bonds is 1. The number of benzene rings is 3. The molecule has 31 heavy (non-hydrogen) atoms. The maximum Gasteiger partial charge on any atom is 0.209 e. The second-order valence-electron chi connectivity index (χ2n) is 9.33. The standard InChI is InChI=1S/C29H29NO/c1-19-13-15-26-22(17-19)9-5-11-24-25-18-20(2)14-16-28(25)31-29(24)30(26)27-12-6-8-21-7-3-4-10-23(21)27/h6,8,12-18H,3-5,7,9-11H2,1-2H3. The van der Waals surface area contributed by atoms with E-state index in [1.807, 2.05) is 0 Å². The van der Waals surface area contributed by atoms with E-state index < -0.39 is 0 Å². The molecule has 156 valence electrons. The highest BCUT2D eigenvalue weighted by molar-refractivity contribution is 5.91. The van der Waals surface area contributed by atoms with Crippen molar-refractivity contribution < 1.29 is 4.42 Å². The third kappa shape index (κ3) is 3.08. The van der Waals surface area contributed by atoms with Gasteiger partial charge in [0, 0.05) is 10.9 Å². The molecule has 2 aliphatic rings. The molecule has 2 nitrogen and oxygen atoms in total. The summed E-state index contributed by atoms with van der Waals surface area (Å²) in [4.78, 5) is 2.45. The monoisotopic (exact) mass is 407 g/mol. The molecule has 0 fully saturated rings. The van der Waals surface area contributed by atoms with Crippen LogP contribution in [0.4, 0.5) is 17.3 Å². The van der Waals surface area contributed by atoms with Crippen molar-refractivity contribution in [3.63, 3.8) is 0 Å². The lowest BCUT2D eigenvalue weighted by molar-refractivity contribution is 0.609. The van der Waals surface area contributed by atoms with Gasteiger partial charge in [-0.15, -0.1) is 0 Å². The van der Waals surface area contributed by atoms with Gasteiger partial charge in [0.1, 0.15) is 5.58 Å². The lowest BCUT2D eigenvalue weighted by Gasteiger charge is -2.31. The van der Waals surface area contributed by atoms with Gasteiger partial charge in [0.05, 0.1) is 11.4 Å². The van der Waals surface area contributed by atoms with E-state index in [0.29, 0.717) is 0 Å². The largest absolute Gasteiger partial charge is 0.439 e. The molecule has 0 bridgehead atoms.